The normalized spacial score (nSPS) is 10.0. The second-order valence-electron chi connectivity index (χ2n) is 5.13. The van der Waals surface area contributed by atoms with Crippen LogP contribution in [0.15, 0.2) is 36.5 Å². The lowest BCUT2D eigenvalue weighted by Crippen LogP contribution is -2.22. The first-order chi connectivity index (χ1) is 11.5. The van der Waals surface area contributed by atoms with E-state index in [9.17, 15) is 9.59 Å². The monoisotopic (exact) mass is 329 g/mol. The van der Waals surface area contributed by atoms with Crippen LogP contribution in [-0.2, 0) is 0 Å². The lowest BCUT2D eigenvalue weighted by molar-refractivity contribution is 0.0826. The van der Waals surface area contributed by atoms with Gasteiger partial charge < -0.3 is 19.7 Å². The average molecular weight is 329 g/mol. The molecule has 0 radical (unpaired) electrons. The molecule has 0 aliphatic heterocycles. The Morgan fingerprint density at radius 1 is 1.12 bits per heavy atom. The Morgan fingerprint density at radius 3 is 2.42 bits per heavy atom. The molecule has 126 valence electrons. The molecule has 2 aromatic rings. The number of aromatic nitrogens is 1. The van der Waals surface area contributed by atoms with Gasteiger partial charge in [0.2, 0.25) is 0 Å². The number of nitrogens with one attached hydrogen (secondary N) is 1. The van der Waals surface area contributed by atoms with Crippen LogP contribution in [0.25, 0.3) is 0 Å². The fourth-order valence-electron chi connectivity index (χ4n) is 2.12. The molecule has 24 heavy (non-hydrogen) atoms. The van der Waals surface area contributed by atoms with Gasteiger partial charge in [-0.1, -0.05) is 6.07 Å². The van der Waals surface area contributed by atoms with Gasteiger partial charge in [-0.25, -0.2) is 0 Å². The lowest BCUT2D eigenvalue weighted by atomic mass is 10.1. The third kappa shape index (κ3) is 3.62. The van der Waals surface area contributed by atoms with Crippen LogP contribution in [0.3, 0.4) is 0 Å². The summed E-state index contributed by atoms with van der Waals surface area (Å²) in [4.78, 5) is 30.0. The van der Waals surface area contributed by atoms with Crippen molar-refractivity contribution in [3.63, 3.8) is 0 Å². The molecular formula is C17H19N3O4. The Bertz CT molecular complexity index is 745. The van der Waals surface area contributed by atoms with Gasteiger partial charge in [-0.05, 0) is 24.3 Å². The summed E-state index contributed by atoms with van der Waals surface area (Å²) in [6.45, 7) is 0. The van der Waals surface area contributed by atoms with Crippen molar-refractivity contribution in [2.75, 3.05) is 33.6 Å². The Hall–Kier alpha value is -3.09. The van der Waals surface area contributed by atoms with E-state index >= 15 is 0 Å². The zero-order valence-corrected chi connectivity index (χ0v) is 14.0. The summed E-state index contributed by atoms with van der Waals surface area (Å²) in [7, 11) is 6.21. The number of amides is 2. The lowest BCUT2D eigenvalue weighted by Gasteiger charge is -2.17. The van der Waals surface area contributed by atoms with Crippen molar-refractivity contribution in [1.29, 1.82) is 0 Å². The molecule has 0 bridgehead atoms. The molecule has 0 aliphatic carbocycles. The molecule has 1 heterocycles. The van der Waals surface area contributed by atoms with Crippen LogP contribution in [0.4, 0.5) is 5.69 Å². The summed E-state index contributed by atoms with van der Waals surface area (Å²) in [5.74, 6) is 0.0494. The van der Waals surface area contributed by atoms with Crippen molar-refractivity contribution in [2.24, 2.45) is 0 Å². The first-order valence-corrected chi connectivity index (χ1v) is 7.18. The first kappa shape index (κ1) is 17.3. The summed E-state index contributed by atoms with van der Waals surface area (Å²) in [6.07, 6.45) is 1.53. The second-order valence-corrected chi connectivity index (χ2v) is 5.13. The van der Waals surface area contributed by atoms with Gasteiger partial charge in [0, 0.05) is 25.9 Å². The van der Waals surface area contributed by atoms with Crippen molar-refractivity contribution >= 4 is 17.5 Å². The van der Waals surface area contributed by atoms with E-state index in [0.717, 1.165) is 0 Å². The highest BCUT2D eigenvalue weighted by Gasteiger charge is 2.19. The molecule has 7 nitrogen and oxygen atoms in total. The van der Waals surface area contributed by atoms with E-state index in [-0.39, 0.29) is 11.6 Å². The van der Waals surface area contributed by atoms with E-state index in [1.165, 1.54) is 25.3 Å². The molecular weight excluding hydrogens is 310 g/mol. The summed E-state index contributed by atoms with van der Waals surface area (Å²) in [5, 5.41) is 2.71. The predicted molar refractivity (Wildman–Crippen MR) is 89.8 cm³/mol. The fraction of sp³-hybridized carbons (Fsp3) is 0.235. The van der Waals surface area contributed by atoms with E-state index in [2.05, 4.69) is 10.3 Å². The average Bonchev–Trinajstić information content (AvgIpc) is 2.60. The van der Waals surface area contributed by atoms with Crippen LogP contribution < -0.4 is 14.8 Å². The minimum Gasteiger partial charge on any atom is -0.493 e. The third-order valence-electron chi connectivity index (χ3n) is 3.28. The van der Waals surface area contributed by atoms with Crippen LogP contribution in [-0.4, -0.2) is 50.0 Å². The Balaban J connectivity index is 2.45. The fourth-order valence-corrected chi connectivity index (χ4v) is 2.12. The van der Waals surface area contributed by atoms with Gasteiger partial charge in [-0.15, -0.1) is 0 Å². The molecule has 2 amide bonds. The maximum atomic E-state index is 12.3. The Labute approximate surface area is 140 Å². The minimum absolute atomic E-state index is 0.218. The molecule has 1 aromatic heterocycles. The number of methoxy groups -OCH3 is 2. The number of pyridine rings is 1. The van der Waals surface area contributed by atoms with Gasteiger partial charge in [0.1, 0.15) is 5.69 Å². The van der Waals surface area contributed by atoms with E-state index in [1.807, 2.05) is 0 Å². The van der Waals surface area contributed by atoms with E-state index in [1.54, 1.807) is 44.4 Å². The zero-order valence-electron chi connectivity index (χ0n) is 14.0. The highest BCUT2D eigenvalue weighted by Crippen LogP contribution is 2.37. The van der Waals surface area contributed by atoms with Gasteiger partial charge >= 0.3 is 0 Å². The number of hydrogen-bond acceptors (Lipinski definition) is 5. The standard InChI is InChI=1S/C17H19N3O4/c1-20(2)17(22)11-9-13(15(24-4)14(10-11)23-3)19-16(21)12-7-5-6-8-18-12/h5-10H,1-4H3,(H,19,21). The predicted octanol–water partition coefficient (Wildman–Crippen LogP) is 2.05. The smallest absolute Gasteiger partial charge is 0.274 e. The third-order valence-corrected chi connectivity index (χ3v) is 3.28. The number of ether oxygens (including phenoxy) is 2. The maximum Gasteiger partial charge on any atom is 0.274 e. The van der Waals surface area contributed by atoms with Crippen LogP contribution in [0.5, 0.6) is 11.5 Å². The molecule has 0 unspecified atom stereocenters. The van der Waals surface area contributed by atoms with E-state index < -0.39 is 5.91 Å². The Morgan fingerprint density at radius 2 is 1.88 bits per heavy atom. The summed E-state index contributed by atoms with van der Waals surface area (Å²) >= 11 is 0. The van der Waals surface area contributed by atoms with Crippen molar-refractivity contribution in [1.82, 2.24) is 9.88 Å². The van der Waals surface area contributed by atoms with Crippen molar-refractivity contribution < 1.29 is 19.1 Å². The largest absolute Gasteiger partial charge is 0.493 e. The molecule has 0 saturated carbocycles. The first-order valence-electron chi connectivity index (χ1n) is 7.18. The van der Waals surface area contributed by atoms with Gasteiger partial charge in [-0.2, -0.15) is 0 Å². The molecule has 0 spiro atoms. The van der Waals surface area contributed by atoms with Crippen LogP contribution >= 0.6 is 0 Å². The number of nitrogens with zero attached hydrogens (tertiary/aromatic N) is 2. The number of carbonyl (C=O) groups is 2. The van der Waals surface area contributed by atoms with Crippen molar-refractivity contribution in [3.05, 3.63) is 47.8 Å². The molecule has 0 saturated heterocycles. The number of carbonyl (C=O) groups excluding carboxylic acids is 2. The van der Waals surface area contributed by atoms with Crippen molar-refractivity contribution in [2.45, 2.75) is 0 Å². The van der Waals surface area contributed by atoms with Crippen LogP contribution in [0.1, 0.15) is 20.8 Å². The highest BCUT2D eigenvalue weighted by atomic mass is 16.5. The Kier molecular flexibility index (Phi) is 5.36. The molecule has 0 fully saturated rings. The van der Waals surface area contributed by atoms with E-state index in [4.69, 9.17) is 9.47 Å². The number of benzene rings is 1. The SMILES string of the molecule is COc1cc(C(=O)N(C)C)cc(NC(=O)c2ccccn2)c1OC. The highest BCUT2D eigenvalue weighted by molar-refractivity contribution is 6.05. The quantitative estimate of drug-likeness (QED) is 0.908. The zero-order chi connectivity index (χ0) is 17.7. The topological polar surface area (TPSA) is 80.8 Å². The molecule has 7 heteroatoms. The molecule has 0 atom stereocenters. The second kappa shape index (κ2) is 7.45. The molecule has 1 N–H and O–H groups in total. The van der Waals surface area contributed by atoms with Gasteiger partial charge in [0.15, 0.2) is 11.5 Å². The number of anilines is 1. The van der Waals surface area contributed by atoms with Gasteiger partial charge in [-0.3, -0.25) is 14.6 Å². The summed E-state index contributed by atoms with van der Waals surface area (Å²) in [6, 6.07) is 8.14. The molecule has 2 rings (SSSR count). The van der Waals surface area contributed by atoms with Gasteiger partial charge in [0.25, 0.3) is 11.8 Å². The summed E-state index contributed by atoms with van der Waals surface area (Å²) < 4.78 is 10.6. The number of rotatable bonds is 5. The minimum atomic E-state index is -0.412. The molecule has 1 aromatic carbocycles. The number of hydrogen-bond donors (Lipinski definition) is 1. The van der Waals surface area contributed by atoms with Gasteiger partial charge in [0.05, 0.1) is 19.9 Å². The van der Waals surface area contributed by atoms with Crippen LogP contribution in [0, 0.1) is 0 Å². The molecule has 0 aliphatic rings. The van der Waals surface area contributed by atoms with Crippen LogP contribution in [0.2, 0.25) is 0 Å². The van der Waals surface area contributed by atoms with Crippen molar-refractivity contribution in [3.8, 4) is 11.5 Å². The summed E-state index contributed by atoms with van der Waals surface area (Å²) in [5.41, 5.74) is 0.953. The van der Waals surface area contributed by atoms with E-state index in [0.29, 0.717) is 22.7 Å². The maximum absolute atomic E-state index is 12.3.